The van der Waals surface area contributed by atoms with E-state index < -0.39 is 0 Å². The van der Waals surface area contributed by atoms with Crippen LogP contribution in [0.1, 0.15) is 35.1 Å². The number of hydrogen-bond acceptors (Lipinski definition) is 2. The van der Waals surface area contributed by atoms with Crippen molar-refractivity contribution in [2.45, 2.75) is 38.6 Å². The first-order chi connectivity index (χ1) is 12.0. The summed E-state index contributed by atoms with van der Waals surface area (Å²) in [7, 11) is 0. The van der Waals surface area contributed by atoms with E-state index in [4.69, 9.17) is 16.3 Å². The van der Waals surface area contributed by atoms with Crippen molar-refractivity contribution in [1.82, 2.24) is 5.32 Å². The Labute approximate surface area is 154 Å². The fourth-order valence-corrected chi connectivity index (χ4v) is 3.58. The number of carbonyl (C=O) groups excluding carboxylic acids is 1. The molecule has 1 heterocycles. The Bertz CT molecular complexity index is 749. The van der Waals surface area contributed by atoms with E-state index in [-0.39, 0.29) is 11.4 Å². The molecule has 3 nitrogen and oxygen atoms in total. The van der Waals surface area contributed by atoms with Crippen molar-refractivity contribution >= 4 is 17.5 Å². The molecule has 0 spiro atoms. The first-order valence-electron chi connectivity index (χ1n) is 8.69. The summed E-state index contributed by atoms with van der Waals surface area (Å²) in [6, 6.07) is 14.0. The minimum Gasteiger partial charge on any atom is -0.381 e. The van der Waals surface area contributed by atoms with Crippen LogP contribution in [-0.4, -0.2) is 19.1 Å². The molecule has 1 fully saturated rings. The number of hydrogen-bond donors (Lipinski definition) is 1. The lowest BCUT2D eigenvalue weighted by atomic mass is 9.82. The SMILES string of the molecule is Cc1ccc(C)c(CC(=O)NC2(c3ccc(Cl)cc3)CCOCC2)c1. The maximum atomic E-state index is 12.8. The molecular formula is C21H24ClNO2. The monoisotopic (exact) mass is 357 g/mol. The fraction of sp³-hybridized carbons (Fsp3) is 0.381. The van der Waals surface area contributed by atoms with Gasteiger partial charge < -0.3 is 10.1 Å². The number of amides is 1. The van der Waals surface area contributed by atoms with Gasteiger partial charge in [0.15, 0.2) is 0 Å². The quantitative estimate of drug-likeness (QED) is 0.884. The Morgan fingerprint density at radius 1 is 1.12 bits per heavy atom. The van der Waals surface area contributed by atoms with Gasteiger partial charge in [-0.05, 0) is 55.5 Å². The molecule has 3 rings (SSSR count). The molecule has 2 aromatic carbocycles. The van der Waals surface area contributed by atoms with Gasteiger partial charge in [0.2, 0.25) is 5.91 Å². The lowest BCUT2D eigenvalue weighted by Crippen LogP contribution is -2.50. The van der Waals surface area contributed by atoms with Crippen LogP contribution in [0.4, 0.5) is 0 Å². The van der Waals surface area contributed by atoms with Gasteiger partial charge >= 0.3 is 0 Å². The molecule has 0 radical (unpaired) electrons. The van der Waals surface area contributed by atoms with Crippen LogP contribution in [0.3, 0.4) is 0 Å². The molecule has 1 aliphatic heterocycles. The van der Waals surface area contributed by atoms with Gasteiger partial charge in [-0.2, -0.15) is 0 Å². The van der Waals surface area contributed by atoms with Gasteiger partial charge in [-0.15, -0.1) is 0 Å². The number of rotatable bonds is 4. The highest BCUT2D eigenvalue weighted by Crippen LogP contribution is 2.33. The zero-order valence-corrected chi connectivity index (χ0v) is 15.5. The highest BCUT2D eigenvalue weighted by molar-refractivity contribution is 6.30. The van der Waals surface area contributed by atoms with Gasteiger partial charge in [-0.25, -0.2) is 0 Å². The Kier molecular flexibility index (Phi) is 5.45. The summed E-state index contributed by atoms with van der Waals surface area (Å²) in [4.78, 5) is 12.8. The molecule has 4 heteroatoms. The largest absolute Gasteiger partial charge is 0.381 e. The third-order valence-electron chi connectivity index (χ3n) is 4.98. The zero-order valence-electron chi connectivity index (χ0n) is 14.8. The van der Waals surface area contributed by atoms with E-state index >= 15 is 0 Å². The van der Waals surface area contributed by atoms with Crippen LogP contribution in [0.5, 0.6) is 0 Å². The molecule has 0 bridgehead atoms. The smallest absolute Gasteiger partial charge is 0.225 e. The molecule has 25 heavy (non-hydrogen) atoms. The van der Waals surface area contributed by atoms with Crippen LogP contribution in [0.25, 0.3) is 0 Å². The Morgan fingerprint density at radius 3 is 2.48 bits per heavy atom. The maximum Gasteiger partial charge on any atom is 0.225 e. The predicted molar refractivity (Wildman–Crippen MR) is 101 cm³/mol. The molecule has 0 atom stereocenters. The second-order valence-corrected chi connectivity index (χ2v) is 7.29. The topological polar surface area (TPSA) is 38.3 Å². The van der Waals surface area contributed by atoms with Crippen LogP contribution >= 0.6 is 11.6 Å². The summed E-state index contributed by atoms with van der Waals surface area (Å²) >= 11 is 6.03. The van der Waals surface area contributed by atoms with Crippen LogP contribution in [-0.2, 0) is 21.5 Å². The van der Waals surface area contributed by atoms with E-state index in [0.29, 0.717) is 24.7 Å². The maximum absolute atomic E-state index is 12.8. The van der Waals surface area contributed by atoms with Gasteiger partial charge in [0.1, 0.15) is 0 Å². The molecular weight excluding hydrogens is 334 g/mol. The third-order valence-corrected chi connectivity index (χ3v) is 5.23. The lowest BCUT2D eigenvalue weighted by molar-refractivity contribution is -0.123. The first kappa shape index (κ1) is 18.0. The molecule has 1 N–H and O–H groups in total. The predicted octanol–water partition coefficient (Wildman–Crippen LogP) is 4.32. The number of aryl methyl sites for hydroxylation is 2. The second kappa shape index (κ2) is 7.59. The number of carbonyl (C=O) groups is 1. The van der Waals surface area contributed by atoms with Crippen molar-refractivity contribution < 1.29 is 9.53 Å². The molecule has 0 saturated carbocycles. The lowest BCUT2D eigenvalue weighted by Gasteiger charge is -2.38. The summed E-state index contributed by atoms with van der Waals surface area (Å²) in [5.41, 5.74) is 4.11. The summed E-state index contributed by atoms with van der Waals surface area (Å²) in [6.07, 6.45) is 1.93. The van der Waals surface area contributed by atoms with Crippen molar-refractivity contribution in [3.8, 4) is 0 Å². The average molecular weight is 358 g/mol. The summed E-state index contributed by atoms with van der Waals surface area (Å²) in [5.74, 6) is 0.0468. The molecule has 1 amide bonds. The van der Waals surface area contributed by atoms with E-state index in [2.05, 4.69) is 30.4 Å². The van der Waals surface area contributed by atoms with Crippen LogP contribution < -0.4 is 5.32 Å². The molecule has 0 aliphatic carbocycles. The highest BCUT2D eigenvalue weighted by Gasteiger charge is 2.35. The third kappa shape index (κ3) is 4.23. The minimum absolute atomic E-state index is 0.0468. The van der Waals surface area contributed by atoms with E-state index in [1.807, 2.05) is 31.2 Å². The molecule has 1 saturated heterocycles. The Balaban J connectivity index is 1.81. The van der Waals surface area contributed by atoms with Crippen LogP contribution in [0.15, 0.2) is 42.5 Å². The number of ether oxygens (including phenoxy) is 1. The van der Waals surface area contributed by atoms with Crippen molar-refractivity contribution in [3.05, 3.63) is 69.7 Å². The van der Waals surface area contributed by atoms with Crippen molar-refractivity contribution in [3.63, 3.8) is 0 Å². The van der Waals surface area contributed by atoms with Gasteiger partial charge in [0.05, 0.1) is 12.0 Å². The van der Waals surface area contributed by atoms with E-state index in [9.17, 15) is 4.79 Å². The summed E-state index contributed by atoms with van der Waals surface area (Å²) in [5, 5.41) is 4.00. The Morgan fingerprint density at radius 2 is 1.80 bits per heavy atom. The zero-order chi connectivity index (χ0) is 17.9. The van der Waals surface area contributed by atoms with Gasteiger partial charge in [0.25, 0.3) is 0 Å². The number of nitrogens with one attached hydrogen (secondary N) is 1. The van der Waals surface area contributed by atoms with E-state index in [1.54, 1.807) is 0 Å². The van der Waals surface area contributed by atoms with E-state index in [1.165, 1.54) is 5.56 Å². The molecule has 0 aromatic heterocycles. The van der Waals surface area contributed by atoms with Crippen LogP contribution in [0.2, 0.25) is 5.02 Å². The minimum atomic E-state index is -0.377. The number of benzene rings is 2. The standard InChI is InChI=1S/C21H24ClNO2/c1-15-3-4-16(2)17(13-15)14-20(24)23-21(9-11-25-12-10-21)18-5-7-19(22)8-6-18/h3-8,13H,9-12,14H2,1-2H3,(H,23,24). The van der Waals surface area contributed by atoms with Crippen LogP contribution in [0, 0.1) is 13.8 Å². The normalized spacial score (nSPS) is 16.4. The van der Waals surface area contributed by atoms with Crippen molar-refractivity contribution in [2.75, 3.05) is 13.2 Å². The molecule has 2 aromatic rings. The second-order valence-electron chi connectivity index (χ2n) is 6.86. The summed E-state index contributed by atoms with van der Waals surface area (Å²) in [6.45, 7) is 5.39. The fourth-order valence-electron chi connectivity index (χ4n) is 3.45. The summed E-state index contributed by atoms with van der Waals surface area (Å²) < 4.78 is 5.53. The molecule has 1 aliphatic rings. The van der Waals surface area contributed by atoms with Gasteiger partial charge in [-0.3, -0.25) is 4.79 Å². The average Bonchev–Trinajstić information content (AvgIpc) is 2.59. The van der Waals surface area contributed by atoms with Crippen molar-refractivity contribution in [2.24, 2.45) is 0 Å². The highest BCUT2D eigenvalue weighted by atomic mass is 35.5. The first-order valence-corrected chi connectivity index (χ1v) is 9.07. The van der Waals surface area contributed by atoms with Gasteiger partial charge in [0, 0.05) is 18.2 Å². The molecule has 132 valence electrons. The number of halogens is 1. The van der Waals surface area contributed by atoms with Crippen molar-refractivity contribution in [1.29, 1.82) is 0 Å². The van der Waals surface area contributed by atoms with E-state index in [0.717, 1.165) is 29.5 Å². The van der Waals surface area contributed by atoms with Gasteiger partial charge in [-0.1, -0.05) is 47.5 Å². The Hall–Kier alpha value is -1.84. The molecule has 0 unspecified atom stereocenters.